The third-order valence-electron chi connectivity index (χ3n) is 6.20. The van der Waals surface area contributed by atoms with Crippen molar-refractivity contribution in [1.82, 2.24) is 20.0 Å². The summed E-state index contributed by atoms with van der Waals surface area (Å²) >= 11 is 0. The second-order valence-corrected chi connectivity index (χ2v) is 8.72. The highest BCUT2D eigenvalue weighted by Crippen LogP contribution is 2.34. The van der Waals surface area contributed by atoms with Gasteiger partial charge < -0.3 is 10.2 Å². The van der Waals surface area contributed by atoms with E-state index in [1.807, 2.05) is 27.0 Å². The number of likely N-dealkylation sites (tertiary alicyclic amines) is 1. The van der Waals surface area contributed by atoms with E-state index in [1.54, 1.807) is 27.9 Å². The summed E-state index contributed by atoms with van der Waals surface area (Å²) in [6, 6.07) is 7.97. The van der Waals surface area contributed by atoms with Gasteiger partial charge in [0, 0.05) is 43.9 Å². The second-order valence-electron chi connectivity index (χ2n) is 8.72. The number of carbonyl (C=O) groups excluding carboxylic acids is 2. The topological polar surface area (TPSA) is 67.2 Å². The Morgan fingerprint density at radius 3 is 2.59 bits per heavy atom. The van der Waals surface area contributed by atoms with Gasteiger partial charge in [0.2, 0.25) is 11.8 Å². The summed E-state index contributed by atoms with van der Waals surface area (Å²) in [7, 11) is 1.87. The van der Waals surface area contributed by atoms with Crippen LogP contribution in [0.3, 0.4) is 0 Å². The molecule has 2 amide bonds. The van der Waals surface area contributed by atoms with Crippen LogP contribution in [0, 0.1) is 11.7 Å². The third-order valence-corrected chi connectivity index (χ3v) is 6.20. The lowest BCUT2D eigenvalue weighted by atomic mass is 9.83. The first-order valence-corrected chi connectivity index (χ1v) is 10.1. The summed E-state index contributed by atoms with van der Waals surface area (Å²) < 4.78 is 15.5. The summed E-state index contributed by atoms with van der Waals surface area (Å²) in [5.41, 5.74) is 0.768. The van der Waals surface area contributed by atoms with Crippen LogP contribution in [0.2, 0.25) is 0 Å². The number of halogens is 1. The van der Waals surface area contributed by atoms with Crippen molar-refractivity contribution in [1.29, 1.82) is 0 Å². The number of rotatable bonds is 5. The van der Waals surface area contributed by atoms with Crippen LogP contribution in [0.5, 0.6) is 0 Å². The smallest absolute Gasteiger partial charge is 0.232 e. The van der Waals surface area contributed by atoms with Gasteiger partial charge in [-0.25, -0.2) is 4.39 Å². The molecule has 2 aliphatic rings. The maximum atomic E-state index is 13.7. The van der Waals surface area contributed by atoms with Crippen LogP contribution >= 0.6 is 0 Å². The molecular formula is C22H27FN4O2. The fourth-order valence-electron chi connectivity index (χ4n) is 4.21. The van der Waals surface area contributed by atoms with E-state index in [0.717, 1.165) is 18.5 Å². The highest BCUT2D eigenvalue weighted by Gasteiger charge is 2.44. The number of hydrogen-bond donors (Lipinski definition) is 1. The number of aryl methyl sites for hydroxylation is 1. The zero-order valence-electron chi connectivity index (χ0n) is 17.1. The molecule has 4 rings (SSSR count). The molecule has 29 heavy (non-hydrogen) atoms. The first-order valence-electron chi connectivity index (χ1n) is 10.1. The summed E-state index contributed by atoms with van der Waals surface area (Å²) in [6.07, 6.45) is 3.60. The molecule has 1 saturated carbocycles. The summed E-state index contributed by atoms with van der Waals surface area (Å²) in [5, 5.41) is 7.41. The molecule has 1 N–H and O–H groups in total. The Balaban J connectivity index is 1.58. The first-order chi connectivity index (χ1) is 13.8. The van der Waals surface area contributed by atoms with Crippen LogP contribution in [0.25, 0.3) is 0 Å². The van der Waals surface area contributed by atoms with Crippen LogP contribution in [0.4, 0.5) is 4.39 Å². The average molecular weight is 398 g/mol. The van der Waals surface area contributed by atoms with Gasteiger partial charge in [-0.1, -0.05) is 12.1 Å². The molecule has 2 fully saturated rings. The number of amides is 2. The fourth-order valence-corrected chi connectivity index (χ4v) is 4.21. The number of aromatic nitrogens is 2. The Kier molecular flexibility index (Phi) is 4.92. The fraction of sp³-hybridized carbons (Fsp3) is 0.500. The van der Waals surface area contributed by atoms with E-state index >= 15 is 0 Å². The Morgan fingerprint density at radius 2 is 1.97 bits per heavy atom. The highest BCUT2D eigenvalue weighted by atomic mass is 19.1. The van der Waals surface area contributed by atoms with Crippen LogP contribution in [0.15, 0.2) is 36.5 Å². The van der Waals surface area contributed by atoms with Crippen molar-refractivity contribution in [2.24, 2.45) is 13.0 Å². The van der Waals surface area contributed by atoms with Gasteiger partial charge >= 0.3 is 0 Å². The first kappa shape index (κ1) is 19.6. The molecule has 2 heterocycles. The molecular weight excluding hydrogens is 371 g/mol. The van der Waals surface area contributed by atoms with E-state index < -0.39 is 5.41 Å². The zero-order chi connectivity index (χ0) is 20.8. The van der Waals surface area contributed by atoms with Gasteiger partial charge in [0.05, 0.1) is 11.5 Å². The van der Waals surface area contributed by atoms with Crippen LogP contribution in [-0.4, -0.2) is 45.6 Å². The molecule has 154 valence electrons. The maximum Gasteiger partial charge on any atom is 0.232 e. The van der Waals surface area contributed by atoms with Gasteiger partial charge in [0.15, 0.2) is 0 Å². The zero-order valence-corrected chi connectivity index (χ0v) is 17.1. The number of hydrogen-bond acceptors (Lipinski definition) is 3. The minimum atomic E-state index is -0.867. The summed E-state index contributed by atoms with van der Waals surface area (Å²) in [6.45, 7) is 4.57. The van der Waals surface area contributed by atoms with Crippen LogP contribution < -0.4 is 5.32 Å². The molecule has 1 aliphatic carbocycles. The van der Waals surface area contributed by atoms with Crippen molar-refractivity contribution in [3.05, 3.63) is 53.6 Å². The number of nitrogens with one attached hydrogen (secondary N) is 1. The minimum absolute atomic E-state index is 0.0301. The van der Waals surface area contributed by atoms with Crippen LogP contribution in [-0.2, 0) is 22.1 Å². The normalized spacial score (nSPS) is 22.0. The number of carbonyl (C=O) groups is 2. The van der Waals surface area contributed by atoms with Crippen molar-refractivity contribution in [3.8, 4) is 0 Å². The molecule has 2 aromatic rings. The Labute approximate surface area is 170 Å². The standard InChI is InChI=1S/C22H27FN4O2/c1-22(2,15-5-4-6-16(23)11-15)21(29)27-12-17(19-9-10-24-26(19)3)18(13-27)25-20(28)14-7-8-14/h4-6,9-11,14,17-18H,7-8,12-13H2,1-3H3,(H,25,28)/t17-,18-/m1/s1. The Hall–Kier alpha value is -2.70. The highest BCUT2D eigenvalue weighted by molar-refractivity contribution is 5.88. The number of nitrogens with zero attached hydrogens (tertiary/aromatic N) is 3. The Bertz CT molecular complexity index is 934. The quantitative estimate of drug-likeness (QED) is 0.841. The summed E-state index contributed by atoms with van der Waals surface area (Å²) in [4.78, 5) is 27.6. The largest absolute Gasteiger partial charge is 0.351 e. The molecule has 1 aromatic carbocycles. The van der Waals surface area contributed by atoms with Crippen molar-refractivity contribution in [3.63, 3.8) is 0 Å². The molecule has 1 aromatic heterocycles. The van der Waals surface area contributed by atoms with Crippen LogP contribution in [0.1, 0.15) is 43.9 Å². The van der Waals surface area contributed by atoms with Crippen molar-refractivity contribution >= 4 is 11.8 Å². The van der Waals surface area contributed by atoms with Gasteiger partial charge in [-0.2, -0.15) is 5.10 Å². The lowest BCUT2D eigenvalue weighted by Crippen LogP contribution is -2.45. The van der Waals surface area contributed by atoms with E-state index in [4.69, 9.17) is 0 Å². The second kappa shape index (κ2) is 7.28. The molecule has 0 radical (unpaired) electrons. The summed E-state index contributed by atoms with van der Waals surface area (Å²) in [5.74, 6) is -0.278. The average Bonchev–Trinajstić information content (AvgIpc) is 3.34. The van der Waals surface area contributed by atoms with E-state index in [2.05, 4.69) is 10.4 Å². The molecule has 0 unspecified atom stereocenters. The van der Waals surface area contributed by atoms with Crippen molar-refractivity contribution in [2.75, 3.05) is 13.1 Å². The third kappa shape index (κ3) is 3.78. The minimum Gasteiger partial charge on any atom is -0.351 e. The molecule has 0 bridgehead atoms. The predicted molar refractivity (Wildman–Crippen MR) is 107 cm³/mol. The molecule has 6 nitrogen and oxygen atoms in total. The monoisotopic (exact) mass is 398 g/mol. The van der Waals surface area contributed by atoms with E-state index in [1.165, 1.54) is 12.1 Å². The Morgan fingerprint density at radius 1 is 1.21 bits per heavy atom. The van der Waals surface area contributed by atoms with E-state index in [9.17, 15) is 14.0 Å². The van der Waals surface area contributed by atoms with Gasteiger partial charge in [-0.05, 0) is 50.5 Å². The van der Waals surface area contributed by atoms with Gasteiger partial charge in [0.1, 0.15) is 5.82 Å². The molecule has 0 spiro atoms. The SMILES string of the molecule is Cn1nccc1[C@@H]1CN(C(=O)C(C)(C)c2cccc(F)c2)C[C@H]1NC(=O)C1CC1. The van der Waals surface area contributed by atoms with Gasteiger partial charge in [-0.15, -0.1) is 0 Å². The maximum absolute atomic E-state index is 13.7. The number of benzene rings is 1. The van der Waals surface area contributed by atoms with E-state index in [-0.39, 0.29) is 35.5 Å². The lowest BCUT2D eigenvalue weighted by Gasteiger charge is -2.30. The molecule has 7 heteroatoms. The van der Waals surface area contributed by atoms with Crippen molar-refractivity contribution < 1.29 is 14.0 Å². The van der Waals surface area contributed by atoms with E-state index in [0.29, 0.717) is 18.7 Å². The molecule has 1 saturated heterocycles. The molecule has 2 atom stereocenters. The predicted octanol–water partition coefficient (Wildman–Crippen LogP) is 2.36. The van der Waals surface area contributed by atoms with Gasteiger partial charge in [0.25, 0.3) is 0 Å². The lowest BCUT2D eigenvalue weighted by molar-refractivity contribution is -0.135. The molecule has 1 aliphatic heterocycles. The van der Waals surface area contributed by atoms with Gasteiger partial charge in [-0.3, -0.25) is 14.3 Å². The van der Waals surface area contributed by atoms with Crippen molar-refractivity contribution in [2.45, 2.75) is 44.1 Å².